The predicted molar refractivity (Wildman–Crippen MR) is 39.6 cm³/mol. The molecule has 0 aliphatic carbocycles. The Morgan fingerprint density at radius 3 is 2.40 bits per heavy atom. The second kappa shape index (κ2) is 2.66. The van der Waals surface area contributed by atoms with Crippen LogP contribution < -0.4 is 0 Å². The topological polar surface area (TPSA) is 3.24 Å². The Balaban J connectivity index is 2.43. The first-order valence-electron chi connectivity index (χ1n) is 3.31. The Morgan fingerprint density at radius 1 is 1.60 bits per heavy atom. The van der Waals surface area contributed by atoms with E-state index in [2.05, 4.69) is 12.6 Å². The predicted octanol–water partition coefficient (Wildman–Crippen LogP) is 1.60. The zero-order valence-electron chi connectivity index (χ0n) is 5.85. The van der Waals surface area contributed by atoms with Crippen LogP contribution in [0.3, 0.4) is 0 Å². The molecule has 0 saturated carbocycles. The molecule has 0 aromatic carbocycles. The molecule has 1 heterocycles. The molecule has 1 saturated heterocycles. The van der Waals surface area contributed by atoms with Crippen LogP contribution in [0.5, 0.6) is 0 Å². The lowest BCUT2D eigenvalue weighted by atomic mass is 10.3. The van der Waals surface area contributed by atoms with Gasteiger partial charge in [0.05, 0.1) is 11.9 Å². The number of thiol groups is 1. The van der Waals surface area contributed by atoms with Crippen LogP contribution >= 0.6 is 12.6 Å². The number of likely N-dealkylation sites (tertiary alicyclic amines) is 1. The van der Waals surface area contributed by atoms with Crippen LogP contribution in [0, 0.1) is 0 Å². The van der Waals surface area contributed by atoms with Gasteiger partial charge in [0.25, 0.3) is 5.92 Å². The Morgan fingerprint density at radius 2 is 2.20 bits per heavy atom. The highest BCUT2D eigenvalue weighted by atomic mass is 32.1. The summed E-state index contributed by atoms with van der Waals surface area (Å²) in [4.78, 5) is 1.67. The minimum Gasteiger partial charge on any atom is -0.286 e. The molecule has 1 rings (SSSR count). The van der Waals surface area contributed by atoms with Crippen LogP contribution in [-0.4, -0.2) is 29.3 Å². The molecule has 1 atom stereocenters. The fraction of sp³-hybridized carbons (Fsp3) is 1.00. The van der Waals surface area contributed by atoms with E-state index >= 15 is 0 Å². The van der Waals surface area contributed by atoms with E-state index < -0.39 is 5.92 Å². The van der Waals surface area contributed by atoms with Crippen molar-refractivity contribution in [3.05, 3.63) is 0 Å². The summed E-state index contributed by atoms with van der Waals surface area (Å²) in [7, 11) is 0. The monoisotopic (exact) mass is 167 g/mol. The van der Waals surface area contributed by atoms with Crippen molar-refractivity contribution < 1.29 is 8.78 Å². The molecular formula is C6H11F2NS. The van der Waals surface area contributed by atoms with Crippen molar-refractivity contribution in [3.63, 3.8) is 0 Å². The van der Waals surface area contributed by atoms with Gasteiger partial charge in [0, 0.05) is 13.0 Å². The second-order valence-electron chi connectivity index (χ2n) is 2.71. The number of halogens is 2. The average molecular weight is 167 g/mol. The summed E-state index contributed by atoms with van der Waals surface area (Å²) in [5.41, 5.74) is 0. The van der Waals surface area contributed by atoms with Crippen molar-refractivity contribution in [2.75, 3.05) is 13.1 Å². The molecule has 0 N–H and O–H groups in total. The molecule has 0 spiro atoms. The number of rotatable bonds is 1. The Bertz CT molecular complexity index is 127. The van der Waals surface area contributed by atoms with Crippen LogP contribution in [0.25, 0.3) is 0 Å². The maximum Gasteiger partial charge on any atom is 0.261 e. The minimum atomic E-state index is -2.48. The standard InChI is InChI=1S/C6H11F2NS/c1-5(10)9-3-2-6(7,8)4-9/h5,10H,2-4H2,1H3. The lowest BCUT2D eigenvalue weighted by Crippen LogP contribution is -2.29. The number of hydrogen-bond donors (Lipinski definition) is 1. The van der Waals surface area contributed by atoms with Gasteiger partial charge in [0.2, 0.25) is 0 Å². The van der Waals surface area contributed by atoms with Gasteiger partial charge in [0.1, 0.15) is 0 Å². The highest BCUT2D eigenvalue weighted by molar-refractivity contribution is 7.80. The van der Waals surface area contributed by atoms with Gasteiger partial charge in [-0.05, 0) is 6.92 Å². The smallest absolute Gasteiger partial charge is 0.261 e. The maximum atomic E-state index is 12.5. The normalized spacial score (nSPS) is 28.8. The molecule has 1 unspecified atom stereocenters. The minimum absolute atomic E-state index is 0.0160. The fourth-order valence-corrected chi connectivity index (χ4v) is 1.28. The number of alkyl halides is 2. The van der Waals surface area contributed by atoms with Crippen molar-refractivity contribution >= 4 is 12.6 Å². The molecule has 0 bridgehead atoms. The van der Waals surface area contributed by atoms with Gasteiger partial charge in [-0.25, -0.2) is 8.78 Å². The van der Waals surface area contributed by atoms with E-state index in [-0.39, 0.29) is 18.3 Å². The zero-order valence-corrected chi connectivity index (χ0v) is 6.74. The van der Waals surface area contributed by atoms with Gasteiger partial charge >= 0.3 is 0 Å². The summed E-state index contributed by atoms with van der Waals surface area (Å²) >= 11 is 4.06. The molecule has 1 aliphatic heterocycles. The van der Waals surface area contributed by atoms with E-state index in [0.29, 0.717) is 6.54 Å². The van der Waals surface area contributed by atoms with Gasteiger partial charge in [-0.2, -0.15) is 12.6 Å². The Kier molecular flexibility index (Phi) is 2.20. The SMILES string of the molecule is CC(S)N1CCC(F)(F)C1. The number of hydrogen-bond acceptors (Lipinski definition) is 2. The molecule has 0 aromatic heterocycles. The quantitative estimate of drug-likeness (QED) is 0.581. The molecule has 10 heavy (non-hydrogen) atoms. The largest absolute Gasteiger partial charge is 0.286 e. The summed E-state index contributed by atoms with van der Waals surface area (Å²) in [6.45, 7) is 2.15. The summed E-state index contributed by atoms with van der Waals surface area (Å²) in [5, 5.41) is -0.0478. The van der Waals surface area contributed by atoms with Gasteiger partial charge in [-0.1, -0.05) is 0 Å². The second-order valence-corrected chi connectivity index (χ2v) is 3.46. The van der Waals surface area contributed by atoms with E-state index in [1.165, 1.54) is 0 Å². The highest BCUT2D eigenvalue weighted by Crippen LogP contribution is 2.28. The van der Waals surface area contributed by atoms with E-state index in [1.54, 1.807) is 4.90 Å². The Labute approximate surface area is 64.8 Å². The molecule has 60 valence electrons. The molecule has 0 aromatic rings. The highest BCUT2D eigenvalue weighted by Gasteiger charge is 2.38. The van der Waals surface area contributed by atoms with E-state index in [9.17, 15) is 8.78 Å². The van der Waals surface area contributed by atoms with Crippen LogP contribution in [0.4, 0.5) is 8.78 Å². The van der Waals surface area contributed by atoms with Crippen molar-refractivity contribution in [1.29, 1.82) is 0 Å². The molecule has 0 amide bonds. The third-order valence-corrected chi connectivity index (χ3v) is 2.05. The van der Waals surface area contributed by atoms with Crippen molar-refractivity contribution in [1.82, 2.24) is 4.90 Å². The van der Waals surface area contributed by atoms with Gasteiger partial charge in [-0.15, -0.1) is 0 Å². The molecule has 1 nitrogen and oxygen atoms in total. The van der Waals surface area contributed by atoms with E-state index in [0.717, 1.165) is 0 Å². The first kappa shape index (κ1) is 8.27. The average Bonchev–Trinajstić information content (AvgIpc) is 2.10. The molecule has 1 aliphatic rings. The van der Waals surface area contributed by atoms with E-state index in [1.807, 2.05) is 6.92 Å². The lowest BCUT2D eigenvalue weighted by Gasteiger charge is -2.18. The fourth-order valence-electron chi connectivity index (χ4n) is 1.08. The third kappa shape index (κ3) is 1.83. The van der Waals surface area contributed by atoms with E-state index in [4.69, 9.17) is 0 Å². The zero-order chi connectivity index (χ0) is 7.78. The third-order valence-electron chi connectivity index (χ3n) is 1.73. The maximum absolute atomic E-state index is 12.5. The summed E-state index contributed by atoms with van der Waals surface area (Å²) < 4.78 is 25.0. The Hall–Kier alpha value is 0.170. The summed E-state index contributed by atoms with van der Waals surface area (Å²) in [6, 6.07) is 0. The van der Waals surface area contributed by atoms with Gasteiger partial charge in [0.15, 0.2) is 0 Å². The van der Waals surface area contributed by atoms with Crippen molar-refractivity contribution in [2.45, 2.75) is 24.6 Å². The van der Waals surface area contributed by atoms with Crippen LogP contribution in [0.1, 0.15) is 13.3 Å². The molecule has 4 heteroatoms. The molecule has 0 radical (unpaired) electrons. The van der Waals surface area contributed by atoms with Gasteiger partial charge < -0.3 is 0 Å². The molecule has 1 fully saturated rings. The van der Waals surface area contributed by atoms with Crippen molar-refractivity contribution in [3.8, 4) is 0 Å². The summed E-state index contributed by atoms with van der Waals surface area (Å²) in [5.74, 6) is -2.48. The van der Waals surface area contributed by atoms with Crippen LogP contribution in [0.15, 0.2) is 0 Å². The van der Waals surface area contributed by atoms with Crippen LogP contribution in [0.2, 0.25) is 0 Å². The first-order chi connectivity index (χ1) is 4.51. The van der Waals surface area contributed by atoms with Crippen molar-refractivity contribution in [2.24, 2.45) is 0 Å². The van der Waals surface area contributed by atoms with Crippen LogP contribution in [-0.2, 0) is 0 Å². The molecular weight excluding hydrogens is 156 g/mol. The number of nitrogens with zero attached hydrogens (tertiary/aromatic N) is 1. The first-order valence-corrected chi connectivity index (χ1v) is 3.83. The van der Waals surface area contributed by atoms with Gasteiger partial charge in [-0.3, -0.25) is 4.90 Å². The lowest BCUT2D eigenvalue weighted by molar-refractivity contribution is 0.0117. The summed E-state index contributed by atoms with van der Waals surface area (Å²) in [6.07, 6.45) is -0.0160.